The molecule has 6 nitrogen and oxygen atoms in total. The highest BCUT2D eigenvalue weighted by Gasteiger charge is 2.22. The quantitative estimate of drug-likeness (QED) is 0.269. The molecule has 1 heterocycles. The molecule has 0 aliphatic heterocycles. The standard InChI is InChI=1S/C27H24ClN3O3/c1-2-15-29-26(33)19-9-13-21(14-10-19)30-27(34)25(32)23-17-31(24-6-4-3-5-22(23)24)16-18-7-11-20(28)12-8-18/h3-14,17H,2,15-16H2,1H3,(H,29,33)(H,30,34). The monoisotopic (exact) mass is 473 g/mol. The Morgan fingerprint density at radius 3 is 2.32 bits per heavy atom. The number of benzene rings is 3. The van der Waals surface area contributed by atoms with E-state index >= 15 is 0 Å². The highest BCUT2D eigenvalue weighted by atomic mass is 35.5. The van der Waals surface area contributed by atoms with Crippen LogP contribution in [0.15, 0.2) is 79.0 Å². The second kappa shape index (κ2) is 10.4. The van der Waals surface area contributed by atoms with Gasteiger partial charge in [-0.1, -0.05) is 48.9 Å². The van der Waals surface area contributed by atoms with Gasteiger partial charge >= 0.3 is 0 Å². The first-order chi connectivity index (χ1) is 16.5. The first kappa shape index (κ1) is 23.3. The van der Waals surface area contributed by atoms with Crippen LogP contribution in [-0.4, -0.2) is 28.7 Å². The van der Waals surface area contributed by atoms with Crippen molar-refractivity contribution >= 4 is 45.8 Å². The second-order valence-corrected chi connectivity index (χ2v) is 8.37. The predicted molar refractivity (Wildman–Crippen MR) is 135 cm³/mol. The lowest BCUT2D eigenvalue weighted by atomic mass is 10.1. The van der Waals surface area contributed by atoms with Gasteiger partial charge in [0.2, 0.25) is 0 Å². The third-order valence-electron chi connectivity index (χ3n) is 5.45. The topological polar surface area (TPSA) is 80.2 Å². The molecule has 0 spiro atoms. The molecule has 34 heavy (non-hydrogen) atoms. The van der Waals surface area contributed by atoms with E-state index in [4.69, 9.17) is 11.6 Å². The predicted octanol–water partition coefficient (Wildman–Crippen LogP) is 5.30. The number of fused-ring (bicyclic) bond motifs is 1. The smallest absolute Gasteiger partial charge is 0.296 e. The van der Waals surface area contributed by atoms with Gasteiger partial charge in [-0.3, -0.25) is 14.4 Å². The molecular weight excluding hydrogens is 450 g/mol. The third kappa shape index (κ3) is 5.18. The van der Waals surface area contributed by atoms with Crippen LogP contribution in [-0.2, 0) is 11.3 Å². The van der Waals surface area contributed by atoms with Gasteiger partial charge in [-0.25, -0.2) is 0 Å². The number of hydrogen-bond acceptors (Lipinski definition) is 3. The van der Waals surface area contributed by atoms with Gasteiger partial charge in [0.05, 0.1) is 5.56 Å². The number of Topliss-reactive ketones (excluding diaryl/α,β-unsaturated/α-hetero) is 1. The number of ketones is 1. The molecule has 3 aromatic carbocycles. The Bertz CT molecular complexity index is 1340. The fourth-order valence-electron chi connectivity index (χ4n) is 3.70. The maximum Gasteiger partial charge on any atom is 0.296 e. The van der Waals surface area contributed by atoms with Crippen molar-refractivity contribution in [2.45, 2.75) is 19.9 Å². The van der Waals surface area contributed by atoms with Gasteiger partial charge in [-0.2, -0.15) is 0 Å². The molecule has 0 unspecified atom stereocenters. The molecule has 0 bridgehead atoms. The van der Waals surface area contributed by atoms with Crippen LogP contribution in [0.1, 0.15) is 39.6 Å². The molecule has 172 valence electrons. The summed E-state index contributed by atoms with van der Waals surface area (Å²) in [4.78, 5) is 37.9. The number of carbonyl (C=O) groups is 3. The number of nitrogens with one attached hydrogen (secondary N) is 2. The number of halogens is 1. The fraction of sp³-hybridized carbons (Fsp3) is 0.148. The van der Waals surface area contributed by atoms with E-state index in [1.54, 1.807) is 30.5 Å². The number of para-hydroxylation sites is 1. The van der Waals surface area contributed by atoms with Crippen LogP contribution < -0.4 is 10.6 Å². The molecule has 0 radical (unpaired) electrons. The summed E-state index contributed by atoms with van der Waals surface area (Å²) in [6.45, 7) is 3.11. The van der Waals surface area contributed by atoms with Crippen molar-refractivity contribution in [2.75, 3.05) is 11.9 Å². The van der Waals surface area contributed by atoms with Gasteiger partial charge in [-0.05, 0) is 54.4 Å². The number of aromatic nitrogens is 1. The van der Waals surface area contributed by atoms with Crippen molar-refractivity contribution in [1.29, 1.82) is 0 Å². The SMILES string of the molecule is CCCNC(=O)c1ccc(NC(=O)C(=O)c2cn(Cc3ccc(Cl)cc3)c3ccccc23)cc1. The summed E-state index contributed by atoms with van der Waals surface area (Å²) < 4.78 is 1.95. The van der Waals surface area contributed by atoms with Gasteiger partial charge in [0.15, 0.2) is 0 Å². The van der Waals surface area contributed by atoms with Gasteiger partial charge in [0, 0.05) is 46.5 Å². The van der Waals surface area contributed by atoms with E-state index in [0.717, 1.165) is 17.5 Å². The number of amides is 2. The minimum Gasteiger partial charge on any atom is -0.352 e. The zero-order chi connectivity index (χ0) is 24.1. The normalized spacial score (nSPS) is 10.8. The zero-order valence-electron chi connectivity index (χ0n) is 18.7. The highest BCUT2D eigenvalue weighted by molar-refractivity contribution is 6.48. The summed E-state index contributed by atoms with van der Waals surface area (Å²) in [5.41, 5.74) is 3.14. The number of rotatable bonds is 8. The molecule has 2 N–H and O–H groups in total. The third-order valence-corrected chi connectivity index (χ3v) is 5.70. The maximum atomic E-state index is 13.1. The average Bonchev–Trinajstić information content (AvgIpc) is 3.22. The van der Waals surface area contributed by atoms with E-state index in [1.807, 2.05) is 60.0 Å². The Balaban J connectivity index is 1.52. The molecule has 0 fully saturated rings. The van der Waals surface area contributed by atoms with Crippen molar-refractivity contribution in [3.8, 4) is 0 Å². The molecule has 1 aromatic heterocycles. The lowest BCUT2D eigenvalue weighted by Gasteiger charge is -2.06. The summed E-state index contributed by atoms with van der Waals surface area (Å²) in [6, 6.07) is 21.4. The molecule has 0 aliphatic rings. The van der Waals surface area contributed by atoms with E-state index in [1.165, 1.54) is 0 Å². The molecule has 4 rings (SSSR count). The minimum absolute atomic E-state index is 0.177. The summed E-state index contributed by atoms with van der Waals surface area (Å²) in [5.74, 6) is -1.54. The lowest BCUT2D eigenvalue weighted by Crippen LogP contribution is -2.24. The van der Waals surface area contributed by atoms with Gasteiger partial charge in [0.1, 0.15) is 0 Å². The Morgan fingerprint density at radius 1 is 0.912 bits per heavy atom. The Labute approximate surface area is 202 Å². The molecule has 7 heteroatoms. The van der Waals surface area contributed by atoms with Crippen LogP contribution in [0.2, 0.25) is 5.02 Å². The zero-order valence-corrected chi connectivity index (χ0v) is 19.4. The molecule has 2 amide bonds. The van der Waals surface area contributed by atoms with Gasteiger partial charge in [-0.15, -0.1) is 0 Å². The molecule has 0 saturated carbocycles. The van der Waals surface area contributed by atoms with Crippen molar-refractivity contribution in [1.82, 2.24) is 9.88 Å². The van der Waals surface area contributed by atoms with Crippen molar-refractivity contribution < 1.29 is 14.4 Å². The summed E-state index contributed by atoms with van der Waals surface area (Å²) in [6.07, 6.45) is 2.56. The minimum atomic E-state index is -0.738. The maximum absolute atomic E-state index is 13.1. The lowest BCUT2D eigenvalue weighted by molar-refractivity contribution is -0.112. The van der Waals surface area contributed by atoms with E-state index in [0.29, 0.717) is 40.3 Å². The second-order valence-electron chi connectivity index (χ2n) is 7.93. The Hall–Kier alpha value is -3.90. The first-order valence-electron chi connectivity index (χ1n) is 11.0. The number of anilines is 1. The van der Waals surface area contributed by atoms with Crippen LogP contribution in [0.5, 0.6) is 0 Å². The van der Waals surface area contributed by atoms with Crippen molar-refractivity contribution in [3.63, 3.8) is 0 Å². The largest absolute Gasteiger partial charge is 0.352 e. The van der Waals surface area contributed by atoms with E-state index in [-0.39, 0.29) is 5.91 Å². The van der Waals surface area contributed by atoms with E-state index in [2.05, 4.69) is 10.6 Å². The first-order valence-corrected chi connectivity index (χ1v) is 11.4. The Kier molecular flexibility index (Phi) is 7.09. The fourth-order valence-corrected chi connectivity index (χ4v) is 3.83. The molecule has 0 saturated heterocycles. The molecule has 0 aliphatic carbocycles. The van der Waals surface area contributed by atoms with Gasteiger partial charge in [0.25, 0.3) is 17.6 Å². The van der Waals surface area contributed by atoms with Crippen LogP contribution in [0.3, 0.4) is 0 Å². The number of hydrogen-bond donors (Lipinski definition) is 2. The molecule has 0 atom stereocenters. The number of carbonyl (C=O) groups excluding carboxylic acids is 3. The number of nitrogens with zero attached hydrogens (tertiary/aromatic N) is 1. The summed E-state index contributed by atoms with van der Waals surface area (Å²) in [5, 5.41) is 6.80. The van der Waals surface area contributed by atoms with Crippen LogP contribution >= 0.6 is 11.6 Å². The van der Waals surface area contributed by atoms with Crippen molar-refractivity contribution in [3.05, 3.63) is 101 Å². The van der Waals surface area contributed by atoms with Crippen LogP contribution in [0.25, 0.3) is 10.9 Å². The molecular formula is C27H24ClN3O3. The Morgan fingerprint density at radius 2 is 1.62 bits per heavy atom. The summed E-state index contributed by atoms with van der Waals surface area (Å²) in [7, 11) is 0. The average molecular weight is 474 g/mol. The van der Waals surface area contributed by atoms with Crippen LogP contribution in [0.4, 0.5) is 5.69 Å². The highest BCUT2D eigenvalue weighted by Crippen LogP contribution is 2.24. The van der Waals surface area contributed by atoms with E-state index < -0.39 is 11.7 Å². The van der Waals surface area contributed by atoms with Crippen molar-refractivity contribution in [2.24, 2.45) is 0 Å². The van der Waals surface area contributed by atoms with E-state index in [9.17, 15) is 14.4 Å². The molecule has 4 aromatic rings. The van der Waals surface area contributed by atoms with Crippen LogP contribution in [0, 0.1) is 0 Å². The summed E-state index contributed by atoms with van der Waals surface area (Å²) >= 11 is 5.99. The van der Waals surface area contributed by atoms with Gasteiger partial charge < -0.3 is 15.2 Å².